The van der Waals surface area contributed by atoms with Crippen molar-refractivity contribution in [2.24, 2.45) is 0 Å². The Balaban J connectivity index is 2.34. The third-order valence-corrected chi connectivity index (χ3v) is 0.898. The quantitative estimate of drug-likeness (QED) is 0.404. The molecule has 6 heteroatoms. The van der Waals surface area contributed by atoms with Crippen LogP contribution in [0.3, 0.4) is 0 Å². The van der Waals surface area contributed by atoms with E-state index < -0.39 is 11.9 Å². The van der Waals surface area contributed by atoms with E-state index in [0.717, 1.165) is 7.69 Å². The van der Waals surface area contributed by atoms with Gasteiger partial charge in [-0.25, -0.2) is 0 Å². The lowest BCUT2D eigenvalue weighted by Crippen LogP contribution is -2.35. The highest BCUT2D eigenvalue weighted by Crippen LogP contribution is 1.82. The van der Waals surface area contributed by atoms with E-state index in [2.05, 4.69) is 14.6 Å². The summed E-state index contributed by atoms with van der Waals surface area (Å²) in [5, 5.41) is 2.52. The zero-order chi connectivity index (χ0) is 7.40. The second kappa shape index (κ2) is 3.21. The molecule has 0 aliphatic carbocycles. The van der Waals surface area contributed by atoms with Crippen molar-refractivity contribution in [1.29, 1.82) is 0 Å². The Labute approximate surface area is 58.0 Å². The van der Waals surface area contributed by atoms with Crippen molar-refractivity contribution >= 4 is 19.6 Å². The summed E-state index contributed by atoms with van der Waals surface area (Å²) in [6.07, 6.45) is 0. The van der Waals surface area contributed by atoms with Gasteiger partial charge in [0.15, 0.2) is 0 Å². The van der Waals surface area contributed by atoms with Gasteiger partial charge in [-0.1, -0.05) is 0 Å². The van der Waals surface area contributed by atoms with Gasteiger partial charge in [0.05, 0.1) is 13.1 Å². The number of nitrogens with one attached hydrogen (secondary N) is 1. The van der Waals surface area contributed by atoms with Crippen molar-refractivity contribution in [2.75, 3.05) is 13.1 Å². The summed E-state index contributed by atoms with van der Waals surface area (Å²) < 4.78 is 8.57. The predicted octanol–water partition coefficient (Wildman–Crippen LogP) is -1.79. The molecule has 1 saturated heterocycles. The standard InChI is InChI=1S/C4H5BNO4/c7-3-1-6-2-4(8)10-5-9-3/h6H,1-2H2. The number of carbonyl (C=O) groups excluding carboxylic acids is 2. The zero-order valence-corrected chi connectivity index (χ0v) is 5.12. The molecule has 1 rings (SSSR count). The molecule has 1 aliphatic heterocycles. The molecule has 0 amide bonds. The van der Waals surface area contributed by atoms with Gasteiger partial charge in [0.1, 0.15) is 0 Å². The minimum atomic E-state index is -0.465. The van der Waals surface area contributed by atoms with Gasteiger partial charge in [0.25, 0.3) is 0 Å². The van der Waals surface area contributed by atoms with Gasteiger partial charge < -0.3 is 9.31 Å². The molecule has 0 aromatic carbocycles. The molecule has 0 aromatic heterocycles. The van der Waals surface area contributed by atoms with E-state index in [9.17, 15) is 9.59 Å². The Kier molecular flexibility index (Phi) is 2.27. The number of carbonyl (C=O) groups is 2. The van der Waals surface area contributed by atoms with E-state index in [0.29, 0.717) is 0 Å². The monoisotopic (exact) mass is 142 g/mol. The van der Waals surface area contributed by atoms with Gasteiger partial charge in [-0.15, -0.1) is 0 Å². The van der Waals surface area contributed by atoms with Crippen molar-refractivity contribution in [1.82, 2.24) is 5.32 Å². The fourth-order valence-electron chi connectivity index (χ4n) is 0.481. The molecular weight excluding hydrogens is 137 g/mol. The molecule has 1 heterocycles. The maximum absolute atomic E-state index is 10.4. The number of rotatable bonds is 0. The fraction of sp³-hybridized carbons (Fsp3) is 0.500. The Morgan fingerprint density at radius 3 is 2.20 bits per heavy atom. The van der Waals surface area contributed by atoms with Crippen LogP contribution in [0.1, 0.15) is 0 Å². The van der Waals surface area contributed by atoms with Gasteiger partial charge in [-0.05, 0) is 0 Å². The summed E-state index contributed by atoms with van der Waals surface area (Å²) in [5.74, 6) is -0.931. The van der Waals surface area contributed by atoms with Gasteiger partial charge in [0, 0.05) is 0 Å². The highest BCUT2D eigenvalue weighted by Gasteiger charge is 2.14. The van der Waals surface area contributed by atoms with E-state index in [-0.39, 0.29) is 13.1 Å². The average molecular weight is 142 g/mol. The van der Waals surface area contributed by atoms with Gasteiger partial charge >= 0.3 is 19.6 Å². The summed E-state index contributed by atoms with van der Waals surface area (Å²) in [7, 11) is 0.742. The molecule has 1 aliphatic rings. The SMILES string of the molecule is O=C1CNCC(=O)O[B]O1. The van der Waals surface area contributed by atoms with Crippen LogP contribution in [0.25, 0.3) is 0 Å². The van der Waals surface area contributed by atoms with Crippen LogP contribution >= 0.6 is 0 Å². The van der Waals surface area contributed by atoms with Crippen LogP contribution in [0.5, 0.6) is 0 Å². The Bertz CT molecular complexity index is 129. The summed E-state index contributed by atoms with van der Waals surface area (Å²) in [4.78, 5) is 20.9. The highest BCUT2D eigenvalue weighted by molar-refractivity contribution is 6.26. The van der Waals surface area contributed by atoms with Crippen LogP contribution in [0.4, 0.5) is 0 Å². The van der Waals surface area contributed by atoms with Gasteiger partial charge in [0.2, 0.25) is 0 Å². The van der Waals surface area contributed by atoms with Crippen molar-refractivity contribution in [3.63, 3.8) is 0 Å². The van der Waals surface area contributed by atoms with Gasteiger partial charge in [-0.2, -0.15) is 0 Å². The molecule has 0 atom stereocenters. The first-order valence-electron chi connectivity index (χ1n) is 2.70. The average Bonchev–Trinajstić information content (AvgIpc) is 1.84. The first-order valence-corrected chi connectivity index (χ1v) is 2.70. The van der Waals surface area contributed by atoms with Crippen molar-refractivity contribution in [3.05, 3.63) is 0 Å². The third-order valence-electron chi connectivity index (χ3n) is 0.898. The smallest absolute Gasteiger partial charge is 0.499 e. The van der Waals surface area contributed by atoms with E-state index >= 15 is 0 Å². The van der Waals surface area contributed by atoms with Crippen LogP contribution in [0.15, 0.2) is 0 Å². The Hall–Kier alpha value is -1.04. The van der Waals surface area contributed by atoms with Crippen LogP contribution in [0.2, 0.25) is 0 Å². The molecular formula is C4H5BNO4. The second-order valence-corrected chi connectivity index (χ2v) is 1.68. The fourth-order valence-corrected chi connectivity index (χ4v) is 0.481. The minimum absolute atomic E-state index is 0.0333. The van der Waals surface area contributed by atoms with Crippen LogP contribution in [-0.2, 0) is 18.9 Å². The van der Waals surface area contributed by atoms with E-state index in [1.807, 2.05) is 0 Å². The largest absolute Gasteiger partial charge is 0.662 e. The molecule has 0 bridgehead atoms. The molecule has 1 radical (unpaired) electrons. The Morgan fingerprint density at radius 1 is 1.20 bits per heavy atom. The molecule has 0 aromatic rings. The molecule has 10 heavy (non-hydrogen) atoms. The van der Waals surface area contributed by atoms with Gasteiger partial charge in [-0.3, -0.25) is 14.9 Å². The van der Waals surface area contributed by atoms with Crippen molar-refractivity contribution < 1.29 is 18.9 Å². The summed E-state index contributed by atoms with van der Waals surface area (Å²) >= 11 is 0. The number of hydrogen-bond acceptors (Lipinski definition) is 5. The maximum atomic E-state index is 10.4. The number of hydrogen-bond donors (Lipinski definition) is 1. The van der Waals surface area contributed by atoms with Crippen molar-refractivity contribution in [3.8, 4) is 0 Å². The summed E-state index contributed by atoms with van der Waals surface area (Å²) in [6.45, 7) is 0.0667. The molecule has 5 nitrogen and oxygen atoms in total. The topological polar surface area (TPSA) is 64.6 Å². The lowest BCUT2D eigenvalue weighted by atomic mass is 10.3. The first-order chi connectivity index (χ1) is 4.79. The molecule has 0 spiro atoms. The third kappa shape index (κ3) is 2.06. The molecule has 53 valence electrons. The molecule has 1 fully saturated rings. The highest BCUT2D eigenvalue weighted by atomic mass is 16.6. The summed E-state index contributed by atoms with van der Waals surface area (Å²) in [5.41, 5.74) is 0. The summed E-state index contributed by atoms with van der Waals surface area (Å²) in [6, 6.07) is 0. The van der Waals surface area contributed by atoms with E-state index in [1.165, 1.54) is 0 Å². The minimum Gasteiger partial charge on any atom is -0.499 e. The van der Waals surface area contributed by atoms with E-state index in [1.54, 1.807) is 0 Å². The lowest BCUT2D eigenvalue weighted by Gasteiger charge is -2.08. The van der Waals surface area contributed by atoms with Crippen molar-refractivity contribution in [2.45, 2.75) is 0 Å². The van der Waals surface area contributed by atoms with E-state index in [4.69, 9.17) is 0 Å². The second-order valence-electron chi connectivity index (χ2n) is 1.68. The zero-order valence-electron chi connectivity index (χ0n) is 5.12. The maximum Gasteiger partial charge on any atom is 0.662 e. The molecule has 0 saturated carbocycles. The normalized spacial score (nSPS) is 19.6. The molecule has 1 N–H and O–H groups in total. The lowest BCUT2D eigenvalue weighted by molar-refractivity contribution is -0.140. The first kappa shape index (κ1) is 7.08. The predicted molar refractivity (Wildman–Crippen MR) is 30.8 cm³/mol. The van der Waals surface area contributed by atoms with Crippen LogP contribution in [0, 0.1) is 0 Å². The van der Waals surface area contributed by atoms with Crippen LogP contribution < -0.4 is 5.32 Å². The molecule has 0 unspecified atom stereocenters. The Morgan fingerprint density at radius 2 is 1.70 bits per heavy atom. The van der Waals surface area contributed by atoms with Crippen LogP contribution in [-0.4, -0.2) is 32.7 Å².